The molecule has 4 heteroatoms. The fourth-order valence-electron chi connectivity index (χ4n) is 1.48. The van der Waals surface area contributed by atoms with Gasteiger partial charge in [-0.3, -0.25) is 4.90 Å². The summed E-state index contributed by atoms with van der Waals surface area (Å²) in [5, 5.41) is 12.4. The molecule has 66 valence electrons. The molecule has 0 radical (unpaired) electrons. The van der Waals surface area contributed by atoms with Gasteiger partial charge in [0.05, 0.1) is 12.6 Å². The minimum Gasteiger partial charge on any atom is -0.392 e. The van der Waals surface area contributed by atoms with E-state index in [0.717, 1.165) is 31.1 Å². The van der Waals surface area contributed by atoms with Crippen LogP contribution < -0.4 is 0 Å². The Morgan fingerprint density at radius 2 is 2.67 bits per heavy atom. The number of rotatable bonds is 2. The van der Waals surface area contributed by atoms with E-state index in [2.05, 4.69) is 9.88 Å². The van der Waals surface area contributed by atoms with Crippen LogP contribution in [0.5, 0.6) is 0 Å². The van der Waals surface area contributed by atoms with Gasteiger partial charge in [-0.25, -0.2) is 4.98 Å². The largest absolute Gasteiger partial charge is 0.392 e. The third-order valence-corrected chi connectivity index (χ3v) is 2.85. The second-order valence-electron chi connectivity index (χ2n) is 3.10. The van der Waals surface area contributed by atoms with Gasteiger partial charge in [0.1, 0.15) is 5.01 Å². The van der Waals surface area contributed by atoms with Crippen LogP contribution in [-0.4, -0.2) is 34.2 Å². The minimum absolute atomic E-state index is 0.120. The molecule has 1 atom stereocenters. The Bertz CT molecular complexity index is 237. The van der Waals surface area contributed by atoms with Crippen LogP contribution in [0, 0.1) is 0 Å². The summed E-state index contributed by atoms with van der Waals surface area (Å²) in [6, 6.07) is 0. The van der Waals surface area contributed by atoms with Gasteiger partial charge in [-0.05, 0) is 6.42 Å². The van der Waals surface area contributed by atoms with Crippen molar-refractivity contribution in [2.75, 3.05) is 13.1 Å². The molecule has 0 unspecified atom stereocenters. The number of aromatic nitrogens is 1. The third-order valence-electron chi connectivity index (χ3n) is 2.09. The molecule has 0 bridgehead atoms. The zero-order valence-corrected chi connectivity index (χ0v) is 7.63. The first-order valence-corrected chi connectivity index (χ1v) is 5.01. The number of hydrogen-bond acceptors (Lipinski definition) is 4. The Hall–Kier alpha value is -0.450. The summed E-state index contributed by atoms with van der Waals surface area (Å²) < 4.78 is 0. The summed E-state index contributed by atoms with van der Waals surface area (Å²) in [6.45, 7) is 2.70. The molecule has 0 aliphatic carbocycles. The molecule has 1 aromatic rings. The quantitative estimate of drug-likeness (QED) is 0.735. The summed E-state index contributed by atoms with van der Waals surface area (Å²) in [7, 11) is 0. The van der Waals surface area contributed by atoms with E-state index in [1.165, 1.54) is 0 Å². The van der Waals surface area contributed by atoms with Crippen LogP contribution in [0.1, 0.15) is 11.4 Å². The van der Waals surface area contributed by atoms with Crippen molar-refractivity contribution in [3.05, 3.63) is 16.6 Å². The average molecular weight is 184 g/mol. The van der Waals surface area contributed by atoms with E-state index in [0.29, 0.717) is 0 Å². The maximum absolute atomic E-state index is 9.27. The number of thiazole rings is 1. The van der Waals surface area contributed by atoms with Gasteiger partial charge in [-0.15, -0.1) is 11.3 Å². The van der Waals surface area contributed by atoms with E-state index >= 15 is 0 Å². The SMILES string of the molecule is O[C@H]1CCN(Cc2nccs2)C1. The van der Waals surface area contributed by atoms with Crippen LogP contribution in [0.15, 0.2) is 11.6 Å². The van der Waals surface area contributed by atoms with Crippen LogP contribution in [0.3, 0.4) is 0 Å². The fraction of sp³-hybridized carbons (Fsp3) is 0.625. The molecule has 2 rings (SSSR count). The number of aliphatic hydroxyl groups is 1. The van der Waals surface area contributed by atoms with Gasteiger partial charge in [0, 0.05) is 24.7 Å². The Morgan fingerprint density at radius 3 is 3.25 bits per heavy atom. The molecule has 12 heavy (non-hydrogen) atoms. The number of β-amino-alcohol motifs (C(OH)–C–C–N with tert-alkyl or cyclic N) is 1. The smallest absolute Gasteiger partial charge is 0.107 e. The van der Waals surface area contributed by atoms with Gasteiger partial charge in [0.25, 0.3) is 0 Å². The van der Waals surface area contributed by atoms with Crippen molar-refractivity contribution in [3.8, 4) is 0 Å². The first-order chi connectivity index (χ1) is 5.84. The molecule has 1 aromatic heterocycles. The monoisotopic (exact) mass is 184 g/mol. The van der Waals surface area contributed by atoms with Gasteiger partial charge < -0.3 is 5.11 Å². The lowest BCUT2D eigenvalue weighted by atomic mass is 10.3. The second-order valence-corrected chi connectivity index (χ2v) is 4.08. The molecule has 0 saturated carbocycles. The van der Waals surface area contributed by atoms with E-state index in [-0.39, 0.29) is 6.10 Å². The van der Waals surface area contributed by atoms with Crippen molar-refractivity contribution in [3.63, 3.8) is 0 Å². The van der Waals surface area contributed by atoms with E-state index in [1.54, 1.807) is 11.3 Å². The number of hydrogen-bond donors (Lipinski definition) is 1. The predicted octanol–water partition coefficient (Wildman–Crippen LogP) is 0.710. The first-order valence-electron chi connectivity index (χ1n) is 4.13. The van der Waals surface area contributed by atoms with Gasteiger partial charge in [-0.1, -0.05) is 0 Å². The van der Waals surface area contributed by atoms with Crippen LogP contribution in [0.25, 0.3) is 0 Å². The summed E-state index contributed by atoms with van der Waals surface area (Å²) >= 11 is 1.68. The molecule has 2 heterocycles. The van der Waals surface area contributed by atoms with E-state index in [1.807, 2.05) is 11.6 Å². The molecule has 0 spiro atoms. The van der Waals surface area contributed by atoms with Crippen molar-refractivity contribution >= 4 is 11.3 Å². The highest BCUT2D eigenvalue weighted by molar-refractivity contribution is 7.09. The standard InChI is InChI=1S/C8H12N2OS/c11-7-1-3-10(5-7)6-8-9-2-4-12-8/h2,4,7,11H,1,3,5-6H2/t7-/m0/s1. The molecule has 0 aromatic carbocycles. The summed E-state index contributed by atoms with van der Waals surface area (Å²) in [6.07, 6.45) is 2.61. The molecule has 1 fully saturated rings. The second kappa shape index (κ2) is 3.51. The topological polar surface area (TPSA) is 36.4 Å². The Balaban J connectivity index is 1.88. The molecule has 1 saturated heterocycles. The van der Waals surface area contributed by atoms with Crippen molar-refractivity contribution in [1.29, 1.82) is 0 Å². The molecular formula is C8H12N2OS. The van der Waals surface area contributed by atoms with Crippen LogP contribution in [-0.2, 0) is 6.54 Å². The summed E-state index contributed by atoms with van der Waals surface area (Å²) in [5.41, 5.74) is 0. The van der Waals surface area contributed by atoms with Crippen LogP contribution >= 0.6 is 11.3 Å². The molecule has 0 amide bonds. The fourth-order valence-corrected chi connectivity index (χ4v) is 2.14. The Morgan fingerprint density at radius 1 is 1.75 bits per heavy atom. The maximum atomic E-state index is 9.27. The zero-order valence-electron chi connectivity index (χ0n) is 6.81. The maximum Gasteiger partial charge on any atom is 0.107 e. The number of nitrogens with zero attached hydrogens (tertiary/aromatic N) is 2. The lowest BCUT2D eigenvalue weighted by Gasteiger charge is -2.11. The van der Waals surface area contributed by atoms with E-state index < -0.39 is 0 Å². The summed E-state index contributed by atoms with van der Waals surface area (Å²) in [4.78, 5) is 6.44. The van der Waals surface area contributed by atoms with Crippen molar-refractivity contribution in [2.45, 2.75) is 19.1 Å². The van der Waals surface area contributed by atoms with Crippen LogP contribution in [0.2, 0.25) is 0 Å². The first kappa shape index (κ1) is 8.16. The molecule has 1 aliphatic rings. The molecule has 1 N–H and O–H groups in total. The Labute approximate surface area is 75.7 Å². The highest BCUT2D eigenvalue weighted by Crippen LogP contribution is 2.14. The molecule has 1 aliphatic heterocycles. The number of likely N-dealkylation sites (tertiary alicyclic amines) is 1. The van der Waals surface area contributed by atoms with E-state index in [9.17, 15) is 5.11 Å². The van der Waals surface area contributed by atoms with Gasteiger partial charge >= 0.3 is 0 Å². The van der Waals surface area contributed by atoms with Gasteiger partial charge in [0.2, 0.25) is 0 Å². The summed E-state index contributed by atoms with van der Waals surface area (Å²) in [5.74, 6) is 0. The molecular weight excluding hydrogens is 172 g/mol. The number of aliphatic hydroxyl groups excluding tert-OH is 1. The zero-order chi connectivity index (χ0) is 8.39. The minimum atomic E-state index is -0.120. The van der Waals surface area contributed by atoms with E-state index in [4.69, 9.17) is 0 Å². The van der Waals surface area contributed by atoms with Crippen molar-refractivity contribution in [1.82, 2.24) is 9.88 Å². The highest BCUT2D eigenvalue weighted by atomic mass is 32.1. The van der Waals surface area contributed by atoms with Crippen molar-refractivity contribution < 1.29 is 5.11 Å². The highest BCUT2D eigenvalue weighted by Gasteiger charge is 2.20. The third kappa shape index (κ3) is 1.83. The molecule has 3 nitrogen and oxygen atoms in total. The average Bonchev–Trinajstić information content (AvgIpc) is 2.63. The Kier molecular flexibility index (Phi) is 2.39. The van der Waals surface area contributed by atoms with Gasteiger partial charge in [-0.2, -0.15) is 0 Å². The van der Waals surface area contributed by atoms with Crippen molar-refractivity contribution in [2.24, 2.45) is 0 Å². The van der Waals surface area contributed by atoms with Crippen LogP contribution in [0.4, 0.5) is 0 Å². The lowest BCUT2D eigenvalue weighted by molar-refractivity contribution is 0.175. The lowest BCUT2D eigenvalue weighted by Crippen LogP contribution is -2.21. The van der Waals surface area contributed by atoms with Gasteiger partial charge in [0.15, 0.2) is 0 Å². The normalized spacial score (nSPS) is 24.9. The predicted molar refractivity (Wildman–Crippen MR) is 48.0 cm³/mol.